The van der Waals surface area contributed by atoms with E-state index in [1.54, 1.807) is 30.0 Å². The van der Waals surface area contributed by atoms with Gasteiger partial charge < -0.3 is 0 Å². The molecule has 0 saturated carbocycles. The van der Waals surface area contributed by atoms with Crippen molar-refractivity contribution in [1.82, 2.24) is 0 Å². The van der Waals surface area contributed by atoms with E-state index >= 15 is 0 Å². The first-order chi connectivity index (χ1) is 7.56. The summed E-state index contributed by atoms with van der Waals surface area (Å²) >= 11 is 13.5. The van der Waals surface area contributed by atoms with Gasteiger partial charge >= 0.3 is 0 Å². The van der Waals surface area contributed by atoms with Crippen LogP contribution in [-0.4, -0.2) is 16.8 Å². The van der Waals surface area contributed by atoms with Crippen LogP contribution >= 0.6 is 35.0 Å². The molecule has 0 aromatic heterocycles. The summed E-state index contributed by atoms with van der Waals surface area (Å²) in [6.07, 6.45) is 1.06. The number of carbonyl (C=O) groups excluding carboxylic acids is 1. The summed E-state index contributed by atoms with van der Waals surface area (Å²) in [4.78, 5) is 11.9. The standard InChI is InChI=1S/C12H14Cl2OS/c1-3-8(2)16-7-11(15)9-5-4-6-10(13)12(9)14/h4-6,8H,3,7H2,1-2H3. The van der Waals surface area contributed by atoms with E-state index in [1.165, 1.54) is 0 Å². The number of ketones is 1. The summed E-state index contributed by atoms with van der Waals surface area (Å²) in [6.45, 7) is 4.21. The van der Waals surface area contributed by atoms with Crippen LogP contribution in [0.15, 0.2) is 18.2 Å². The molecule has 4 heteroatoms. The molecule has 16 heavy (non-hydrogen) atoms. The normalized spacial score (nSPS) is 12.5. The number of hydrogen-bond donors (Lipinski definition) is 0. The Morgan fingerprint density at radius 1 is 1.44 bits per heavy atom. The lowest BCUT2D eigenvalue weighted by Gasteiger charge is -2.08. The molecule has 0 aliphatic heterocycles. The van der Waals surface area contributed by atoms with E-state index in [9.17, 15) is 4.79 Å². The van der Waals surface area contributed by atoms with E-state index in [4.69, 9.17) is 23.2 Å². The summed E-state index contributed by atoms with van der Waals surface area (Å²) < 4.78 is 0. The lowest BCUT2D eigenvalue weighted by Crippen LogP contribution is -2.06. The number of rotatable bonds is 5. The Kier molecular flexibility index (Phi) is 5.67. The highest BCUT2D eigenvalue weighted by atomic mass is 35.5. The van der Waals surface area contributed by atoms with Gasteiger partial charge in [-0.05, 0) is 18.6 Å². The van der Waals surface area contributed by atoms with Crippen molar-refractivity contribution in [2.45, 2.75) is 25.5 Å². The van der Waals surface area contributed by atoms with Crippen molar-refractivity contribution >= 4 is 40.7 Å². The molecule has 0 aliphatic rings. The molecule has 1 rings (SSSR count). The highest BCUT2D eigenvalue weighted by molar-refractivity contribution is 8.00. The monoisotopic (exact) mass is 276 g/mol. The molecule has 0 saturated heterocycles. The Labute approximate surface area is 111 Å². The predicted octanol–water partition coefficient (Wildman–Crippen LogP) is 4.71. The van der Waals surface area contributed by atoms with Crippen LogP contribution in [0.4, 0.5) is 0 Å². The van der Waals surface area contributed by atoms with Crippen LogP contribution in [-0.2, 0) is 0 Å². The van der Waals surface area contributed by atoms with Gasteiger partial charge in [0, 0.05) is 10.8 Å². The van der Waals surface area contributed by atoms with Crippen molar-refractivity contribution in [1.29, 1.82) is 0 Å². The number of thioether (sulfide) groups is 1. The topological polar surface area (TPSA) is 17.1 Å². The third-order valence-corrected chi connectivity index (χ3v) is 4.48. The van der Waals surface area contributed by atoms with Gasteiger partial charge in [0.25, 0.3) is 0 Å². The van der Waals surface area contributed by atoms with Gasteiger partial charge in [-0.25, -0.2) is 0 Å². The van der Waals surface area contributed by atoms with Gasteiger partial charge in [0.15, 0.2) is 5.78 Å². The first kappa shape index (κ1) is 13.9. The van der Waals surface area contributed by atoms with Crippen LogP contribution in [0, 0.1) is 0 Å². The maximum atomic E-state index is 11.9. The lowest BCUT2D eigenvalue weighted by molar-refractivity contribution is 0.102. The second-order valence-corrected chi connectivity index (χ2v) is 5.77. The molecule has 0 amide bonds. The van der Waals surface area contributed by atoms with E-state index in [-0.39, 0.29) is 5.78 Å². The van der Waals surface area contributed by atoms with E-state index in [2.05, 4.69) is 13.8 Å². The summed E-state index contributed by atoms with van der Waals surface area (Å²) in [5.74, 6) is 0.493. The molecule has 0 spiro atoms. The Hall–Kier alpha value is -0.180. The Balaban J connectivity index is 2.70. The molecule has 1 aromatic rings. The largest absolute Gasteiger partial charge is 0.293 e. The Bertz CT molecular complexity index is 379. The lowest BCUT2D eigenvalue weighted by atomic mass is 10.1. The van der Waals surface area contributed by atoms with Gasteiger partial charge in [-0.2, -0.15) is 11.8 Å². The van der Waals surface area contributed by atoms with Crippen molar-refractivity contribution in [3.63, 3.8) is 0 Å². The second-order valence-electron chi connectivity index (χ2n) is 3.55. The molecule has 0 fully saturated rings. The minimum atomic E-state index is 0.0396. The van der Waals surface area contributed by atoms with Crippen molar-refractivity contribution in [3.8, 4) is 0 Å². The van der Waals surface area contributed by atoms with Crippen LogP contribution in [0.3, 0.4) is 0 Å². The fourth-order valence-corrected chi connectivity index (χ4v) is 2.37. The van der Waals surface area contributed by atoms with Gasteiger partial charge in [-0.1, -0.05) is 43.1 Å². The molecule has 0 bridgehead atoms. The predicted molar refractivity (Wildman–Crippen MR) is 73.0 cm³/mol. The van der Waals surface area contributed by atoms with Crippen LogP contribution in [0.25, 0.3) is 0 Å². The Morgan fingerprint density at radius 2 is 2.12 bits per heavy atom. The molecule has 1 aromatic carbocycles. The van der Waals surface area contributed by atoms with Crippen molar-refractivity contribution in [2.24, 2.45) is 0 Å². The van der Waals surface area contributed by atoms with Crippen molar-refractivity contribution in [2.75, 3.05) is 5.75 Å². The van der Waals surface area contributed by atoms with E-state index < -0.39 is 0 Å². The van der Waals surface area contributed by atoms with Crippen LogP contribution in [0.2, 0.25) is 10.0 Å². The van der Waals surface area contributed by atoms with E-state index in [1.807, 2.05) is 0 Å². The second kappa shape index (κ2) is 6.53. The molecule has 0 N–H and O–H groups in total. The summed E-state index contributed by atoms with van der Waals surface area (Å²) in [7, 11) is 0. The summed E-state index contributed by atoms with van der Waals surface area (Å²) in [5, 5.41) is 1.28. The highest BCUT2D eigenvalue weighted by Crippen LogP contribution is 2.27. The smallest absolute Gasteiger partial charge is 0.174 e. The molecule has 0 radical (unpaired) electrons. The van der Waals surface area contributed by atoms with Gasteiger partial charge in [0.05, 0.1) is 15.8 Å². The molecule has 1 nitrogen and oxygen atoms in total. The quantitative estimate of drug-likeness (QED) is 0.725. The van der Waals surface area contributed by atoms with Crippen LogP contribution in [0.5, 0.6) is 0 Å². The van der Waals surface area contributed by atoms with Gasteiger partial charge in [-0.3, -0.25) is 4.79 Å². The highest BCUT2D eigenvalue weighted by Gasteiger charge is 2.13. The zero-order valence-electron chi connectivity index (χ0n) is 9.30. The maximum Gasteiger partial charge on any atom is 0.174 e. The zero-order chi connectivity index (χ0) is 12.1. The van der Waals surface area contributed by atoms with Gasteiger partial charge in [-0.15, -0.1) is 0 Å². The number of benzene rings is 1. The number of carbonyl (C=O) groups is 1. The van der Waals surface area contributed by atoms with Crippen molar-refractivity contribution < 1.29 is 4.79 Å². The van der Waals surface area contributed by atoms with Gasteiger partial charge in [0.1, 0.15) is 0 Å². The molecule has 0 aliphatic carbocycles. The molecular weight excluding hydrogens is 263 g/mol. The molecular formula is C12H14Cl2OS. The maximum absolute atomic E-state index is 11.9. The third-order valence-electron chi connectivity index (χ3n) is 2.33. The molecule has 88 valence electrons. The number of Topliss-reactive ketones (excluding diaryl/α,β-unsaturated/α-hetero) is 1. The average molecular weight is 277 g/mol. The fourth-order valence-electron chi connectivity index (χ4n) is 1.13. The van der Waals surface area contributed by atoms with Gasteiger partial charge in [0.2, 0.25) is 0 Å². The minimum Gasteiger partial charge on any atom is -0.293 e. The van der Waals surface area contributed by atoms with Crippen LogP contribution in [0.1, 0.15) is 30.6 Å². The SMILES string of the molecule is CCC(C)SCC(=O)c1cccc(Cl)c1Cl. The first-order valence-electron chi connectivity index (χ1n) is 5.15. The number of hydrogen-bond acceptors (Lipinski definition) is 2. The number of halogens is 2. The Morgan fingerprint density at radius 3 is 2.75 bits per heavy atom. The molecule has 1 unspecified atom stereocenters. The average Bonchev–Trinajstić information content (AvgIpc) is 2.29. The van der Waals surface area contributed by atoms with E-state index in [0.717, 1.165) is 6.42 Å². The van der Waals surface area contributed by atoms with Crippen molar-refractivity contribution in [3.05, 3.63) is 33.8 Å². The zero-order valence-corrected chi connectivity index (χ0v) is 11.6. The summed E-state index contributed by atoms with van der Waals surface area (Å²) in [6, 6.07) is 5.14. The molecule has 0 heterocycles. The molecule has 1 atom stereocenters. The van der Waals surface area contributed by atoms with Crippen LogP contribution < -0.4 is 0 Å². The summed E-state index contributed by atoms with van der Waals surface area (Å²) in [5.41, 5.74) is 0.518. The minimum absolute atomic E-state index is 0.0396. The first-order valence-corrected chi connectivity index (χ1v) is 6.95. The van der Waals surface area contributed by atoms with E-state index in [0.29, 0.717) is 26.6 Å². The third kappa shape index (κ3) is 3.69. The fraction of sp³-hybridized carbons (Fsp3) is 0.417.